The fraction of sp³-hybridized carbons (Fsp3) is 0.727. The van der Waals surface area contributed by atoms with Gasteiger partial charge in [-0.15, -0.1) is 0 Å². The Kier molecular flexibility index (Phi) is 4.00. The van der Waals surface area contributed by atoms with Gasteiger partial charge < -0.3 is 4.74 Å². The summed E-state index contributed by atoms with van der Waals surface area (Å²) in [6.07, 6.45) is 6.19. The molecule has 1 atom stereocenters. The Hall–Kier alpha value is -0.790. The van der Waals surface area contributed by atoms with Crippen molar-refractivity contribution < 1.29 is 4.74 Å². The lowest BCUT2D eigenvalue weighted by Gasteiger charge is -2.12. The molecule has 1 heterocycles. The molecule has 1 unspecified atom stereocenters. The van der Waals surface area contributed by atoms with E-state index in [-0.39, 0.29) is 0 Å². The van der Waals surface area contributed by atoms with E-state index >= 15 is 0 Å². The first-order valence-electron chi connectivity index (χ1n) is 5.05. The maximum atomic E-state index is 5.51. The number of ether oxygens (including phenoxy) is 1. The molecule has 0 amide bonds. The van der Waals surface area contributed by atoms with Gasteiger partial charge in [-0.3, -0.25) is 0 Å². The molecule has 0 aromatic rings. The third-order valence-corrected chi connectivity index (χ3v) is 2.07. The van der Waals surface area contributed by atoms with Crippen LogP contribution in [-0.2, 0) is 4.74 Å². The fourth-order valence-corrected chi connectivity index (χ4v) is 1.10. The van der Waals surface area contributed by atoms with Gasteiger partial charge in [0.15, 0.2) is 0 Å². The highest BCUT2D eigenvalue weighted by Crippen LogP contribution is 2.13. The molecule has 74 valence electrons. The van der Waals surface area contributed by atoms with Gasteiger partial charge in [0.2, 0.25) is 5.88 Å². The van der Waals surface area contributed by atoms with Crippen molar-refractivity contribution in [2.24, 2.45) is 16.8 Å². The zero-order valence-corrected chi connectivity index (χ0v) is 8.79. The van der Waals surface area contributed by atoms with Crippen LogP contribution in [0.25, 0.3) is 0 Å². The number of nitrogens with zero attached hydrogens (tertiary/aromatic N) is 1. The van der Waals surface area contributed by atoms with E-state index in [0.29, 0.717) is 11.8 Å². The van der Waals surface area contributed by atoms with Gasteiger partial charge in [-0.05, 0) is 30.8 Å². The summed E-state index contributed by atoms with van der Waals surface area (Å²) in [6, 6.07) is 0. The Morgan fingerprint density at radius 3 is 2.92 bits per heavy atom. The minimum absolute atomic E-state index is 0.567. The van der Waals surface area contributed by atoms with Gasteiger partial charge >= 0.3 is 0 Å². The van der Waals surface area contributed by atoms with Gasteiger partial charge in [-0.1, -0.05) is 20.8 Å². The molecule has 0 fully saturated rings. The average Bonchev–Trinajstić information content (AvgIpc) is 2.08. The molecule has 0 saturated heterocycles. The van der Waals surface area contributed by atoms with Crippen LogP contribution in [0.1, 0.15) is 33.6 Å². The minimum atomic E-state index is 0.567. The molecule has 0 aliphatic carbocycles. The molecular weight excluding hydrogens is 162 g/mol. The van der Waals surface area contributed by atoms with Crippen LogP contribution in [0.3, 0.4) is 0 Å². The minimum Gasteiger partial charge on any atom is -0.478 e. The van der Waals surface area contributed by atoms with Gasteiger partial charge in [0.25, 0.3) is 0 Å². The molecule has 0 aromatic heterocycles. The normalized spacial score (nSPS) is 21.8. The summed E-state index contributed by atoms with van der Waals surface area (Å²) in [5, 5.41) is 0. The molecular formula is C11H19NO. The van der Waals surface area contributed by atoms with Crippen molar-refractivity contribution in [1.82, 2.24) is 0 Å². The second kappa shape index (κ2) is 5.05. The van der Waals surface area contributed by atoms with Crippen molar-refractivity contribution >= 4 is 6.21 Å². The van der Waals surface area contributed by atoms with Crippen molar-refractivity contribution in [3.05, 3.63) is 12.0 Å². The summed E-state index contributed by atoms with van der Waals surface area (Å²) in [7, 11) is 0. The van der Waals surface area contributed by atoms with Crippen LogP contribution in [0.4, 0.5) is 0 Å². The van der Waals surface area contributed by atoms with Gasteiger partial charge in [0.05, 0.1) is 6.61 Å². The van der Waals surface area contributed by atoms with Crippen LogP contribution in [0.15, 0.2) is 17.0 Å². The van der Waals surface area contributed by atoms with Crippen LogP contribution < -0.4 is 0 Å². The maximum absolute atomic E-state index is 5.51. The highest BCUT2D eigenvalue weighted by Gasteiger charge is 2.05. The molecule has 1 aliphatic rings. The van der Waals surface area contributed by atoms with Crippen molar-refractivity contribution in [2.45, 2.75) is 33.6 Å². The van der Waals surface area contributed by atoms with Gasteiger partial charge in [0, 0.05) is 6.21 Å². The molecule has 2 heteroatoms. The van der Waals surface area contributed by atoms with Gasteiger partial charge in [0.1, 0.15) is 0 Å². The van der Waals surface area contributed by atoms with Crippen LogP contribution in [0, 0.1) is 11.8 Å². The van der Waals surface area contributed by atoms with Gasteiger partial charge in [-0.25, -0.2) is 4.99 Å². The number of hydrogen-bond acceptors (Lipinski definition) is 2. The lowest BCUT2D eigenvalue weighted by atomic mass is 10.1. The van der Waals surface area contributed by atoms with Crippen molar-refractivity contribution in [3.63, 3.8) is 0 Å². The SMILES string of the molecule is CC(C)CCOC1=CCC(C)C=N1. The fourth-order valence-electron chi connectivity index (χ4n) is 1.10. The van der Waals surface area contributed by atoms with Crippen molar-refractivity contribution in [3.8, 4) is 0 Å². The summed E-state index contributed by atoms with van der Waals surface area (Å²) in [4.78, 5) is 4.22. The van der Waals surface area contributed by atoms with Crippen LogP contribution in [0.2, 0.25) is 0 Å². The molecule has 0 saturated carbocycles. The van der Waals surface area contributed by atoms with E-state index < -0.39 is 0 Å². The van der Waals surface area contributed by atoms with E-state index in [1.807, 2.05) is 6.21 Å². The summed E-state index contributed by atoms with van der Waals surface area (Å²) in [6.45, 7) is 7.34. The topological polar surface area (TPSA) is 21.6 Å². The number of hydrogen-bond donors (Lipinski definition) is 0. The summed E-state index contributed by atoms with van der Waals surface area (Å²) in [5.41, 5.74) is 0. The summed E-state index contributed by atoms with van der Waals surface area (Å²) >= 11 is 0. The molecule has 0 aromatic carbocycles. The lowest BCUT2D eigenvalue weighted by molar-refractivity contribution is 0.191. The third kappa shape index (κ3) is 4.11. The van der Waals surface area contributed by atoms with E-state index in [9.17, 15) is 0 Å². The molecule has 1 aliphatic heterocycles. The number of allylic oxidation sites excluding steroid dienone is 1. The van der Waals surface area contributed by atoms with E-state index in [1.165, 1.54) is 0 Å². The molecule has 0 bridgehead atoms. The van der Waals surface area contributed by atoms with E-state index in [2.05, 4.69) is 31.8 Å². The molecule has 0 spiro atoms. The molecule has 0 N–H and O–H groups in total. The second-order valence-electron chi connectivity index (χ2n) is 4.06. The molecule has 1 rings (SSSR count). The average molecular weight is 181 g/mol. The Morgan fingerprint density at radius 1 is 1.62 bits per heavy atom. The monoisotopic (exact) mass is 181 g/mol. The highest BCUT2D eigenvalue weighted by atomic mass is 16.5. The third-order valence-electron chi connectivity index (χ3n) is 2.07. The van der Waals surface area contributed by atoms with Crippen molar-refractivity contribution in [1.29, 1.82) is 0 Å². The first-order chi connectivity index (χ1) is 6.18. The number of aliphatic imine (C=N–C) groups is 1. The lowest BCUT2D eigenvalue weighted by Crippen LogP contribution is -2.04. The highest BCUT2D eigenvalue weighted by molar-refractivity contribution is 5.63. The zero-order valence-electron chi connectivity index (χ0n) is 8.79. The van der Waals surface area contributed by atoms with Crippen LogP contribution in [-0.4, -0.2) is 12.8 Å². The predicted molar refractivity (Wildman–Crippen MR) is 55.8 cm³/mol. The summed E-state index contributed by atoms with van der Waals surface area (Å²) < 4.78 is 5.51. The standard InChI is InChI=1S/C11H19NO/c1-9(2)6-7-13-11-5-4-10(3)8-12-11/h5,8-10H,4,6-7H2,1-3H3. The largest absolute Gasteiger partial charge is 0.478 e. The molecule has 2 nitrogen and oxygen atoms in total. The van der Waals surface area contributed by atoms with Gasteiger partial charge in [-0.2, -0.15) is 0 Å². The first kappa shape index (κ1) is 10.3. The Morgan fingerprint density at radius 2 is 2.38 bits per heavy atom. The number of rotatable bonds is 4. The first-order valence-corrected chi connectivity index (χ1v) is 5.05. The maximum Gasteiger partial charge on any atom is 0.208 e. The van der Waals surface area contributed by atoms with E-state index in [1.54, 1.807) is 0 Å². The van der Waals surface area contributed by atoms with Crippen LogP contribution >= 0.6 is 0 Å². The van der Waals surface area contributed by atoms with Crippen molar-refractivity contribution in [2.75, 3.05) is 6.61 Å². The predicted octanol–water partition coefficient (Wildman–Crippen LogP) is 3.00. The molecule has 13 heavy (non-hydrogen) atoms. The Bertz CT molecular complexity index is 206. The Balaban J connectivity index is 2.19. The second-order valence-corrected chi connectivity index (χ2v) is 4.06. The smallest absolute Gasteiger partial charge is 0.208 e. The Labute approximate surface area is 80.7 Å². The molecule has 0 radical (unpaired) electrons. The quantitative estimate of drug-likeness (QED) is 0.653. The van der Waals surface area contributed by atoms with E-state index in [4.69, 9.17) is 4.74 Å². The van der Waals surface area contributed by atoms with Crippen LogP contribution in [0.5, 0.6) is 0 Å². The van der Waals surface area contributed by atoms with E-state index in [0.717, 1.165) is 25.3 Å². The summed E-state index contributed by atoms with van der Waals surface area (Å²) in [5.74, 6) is 2.07. The zero-order chi connectivity index (χ0) is 9.68.